The van der Waals surface area contributed by atoms with Gasteiger partial charge < -0.3 is 5.73 Å². The molecule has 0 amide bonds. The van der Waals surface area contributed by atoms with Crippen molar-refractivity contribution in [1.29, 1.82) is 0 Å². The predicted octanol–water partition coefficient (Wildman–Crippen LogP) is 2.28. The van der Waals surface area contributed by atoms with Gasteiger partial charge in [-0.3, -0.25) is 0 Å². The van der Waals surface area contributed by atoms with Gasteiger partial charge in [0.05, 0.1) is 11.7 Å². The Kier molecular flexibility index (Phi) is 3.15. The SMILES string of the molecule is CSC(C)(C)C(N)c1ccsn1. The van der Waals surface area contributed by atoms with Crippen LogP contribution in [0.2, 0.25) is 0 Å². The van der Waals surface area contributed by atoms with E-state index in [0.29, 0.717) is 0 Å². The van der Waals surface area contributed by atoms with Crippen LogP contribution in [0.25, 0.3) is 0 Å². The van der Waals surface area contributed by atoms with E-state index in [1.807, 2.05) is 11.4 Å². The lowest BCUT2D eigenvalue weighted by atomic mass is 10.0. The molecule has 0 radical (unpaired) electrons. The molecular weight excluding hydrogens is 188 g/mol. The van der Waals surface area contributed by atoms with E-state index < -0.39 is 0 Å². The molecule has 0 aliphatic heterocycles. The van der Waals surface area contributed by atoms with E-state index in [4.69, 9.17) is 5.73 Å². The van der Waals surface area contributed by atoms with E-state index in [-0.39, 0.29) is 10.8 Å². The average Bonchev–Trinajstić information content (AvgIpc) is 2.55. The van der Waals surface area contributed by atoms with E-state index in [0.717, 1.165) is 5.69 Å². The molecule has 0 saturated carbocycles. The summed E-state index contributed by atoms with van der Waals surface area (Å²) in [5.41, 5.74) is 7.05. The van der Waals surface area contributed by atoms with E-state index >= 15 is 0 Å². The Labute approximate surface area is 81.7 Å². The van der Waals surface area contributed by atoms with Gasteiger partial charge in [0.15, 0.2) is 0 Å². The molecule has 1 aromatic heterocycles. The summed E-state index contributed by atoms with van der Waals surface area (Å²) in [6.45, 7) is 4.28. The summed E-state index contributed by atoms with van der Waals surface area (Å²) < 4.78 is 4.30. The minimum Gasteiger partial charge on any atom is -0.321 e. The van der Waals surface area contributed by atoms with Crippen LogP contribution in [0.3, 0.4) is 0 Å². The molecule has 1 unspecified atom stereocenters. The Balaban J connectivity index is 2.78. The molecule has 0 aromatic carbocycles. The Hall–Kier alpha value is -0.0600. The molecule has 0 spiro atoms. The summed E-state index contributed by atoms with van der Waals surface area (Å²) in [6, 6.07) is 2.02. The van der Waals surface area contributed by atoms with Crippen molar-refractivity contribution in [1.82, 2.24) is 4.37 Å². The molecule has 1 heterocycles. The van der Waals surface area contributed by atoms with Crippen molar-refractivity contribution in [3.63, 3.8) is 0 Å². The van der Waals surface area contributed by atoms with Crippen molar-refractivity contribution in [2.24, 2.45) is 5.73 Å². The molecule has 0 aliphatic rings. The Morgan fingerprint density at radius 2 is 2.33 bits per heavy atom. The normalized spacial score (nSPS) is 14.7. The van der Waals surface area contributed by atoms with Gasteiger partial charge in [-0.05, 0) is 37.7 Å². The number of nitrogens with two attached hydrogens (primary N) is 1. The van der Waals surface area contributed by atoms with Crippen LogP contribution >= 0.6 is 23.3 Å². The molecule has 68 valence electrons. The highest BCUT2D eigenvalue weighted by molar-refractivity contribution is 7.99. The van der Waals surface area contributed by atoms with Crippen molar-refractivity contribution >= 4 is 23.3 Å². The first-order chi connectivity index (χ1) is 5.58. The first kappa shape index (κ1) is 10.0. The van der Waals surface area contributed by atoms with Crippen LogP contribution in [0.4, 0.5) is 0 Å². The van der Waals surface area contributed by atoms with Crippen molar-refractivity contribution in [2.45, 2.75) is 24.6 Å². The molecule has 0 saturated heterocycles. The fourth-order valence-corrected chi connectivity index (χ4v) is 1.80. The second-order valence-corrected chi connectivity index (χ2v) is 5.34. The highest BCUT2D eigenvalue weighted by Crippen LogP contribution is 2.33. The molecule has 0 bridgehead atoms. The van der Waals surface area contributed by atoms with Crippen molar-refractivity contribution in [3.8, 4) is 0 Å². The molecule has 1 aromatic rings. The fraction of sp³-hybridized carbons (Fsp3) is 0.625. The zero-order valence-electron chi connectivity index (χ0n) is 7.57. The van der Waals surface area contributed by atoms with E-state index in [1.54, 1.807) is 11.8 Å². The molecule has 0 fully saturated rings. The Morgan fingerprint density at radius 3 is 2.75 bits per heavy atom. The van der Waals surface area contributed by atoms with E-state index in [1.165, 1.54) is 11.5 Å². The van der Waals surface area contributed by atoms with Gasteiger partial charge in [-0.15, -0.1) is 0 Å². The van der Waals surface area contributed by atoms with Crippen LogP contribution in [-0.2, 0) is 0 Å². The first-order valence-corrected chi connectivity index (χ1v) is 5.85. The zero-order valence-corrected chi connectivity index (χ0v) is 9.21. The number of hydrogen-bond donors (Lipinski definition) is 1. The summed E-state index contributed by atoms with van der Waals surface area (Å²) in [4.78, 5) is 0. The Bertz CT molecular complexity index is 231. The van der Waals surface area contributed by atoms with Gasteiger partial charge >= 0.3 is 0 Å². The highest BCUT2D eigenvalue weighted by atomic mass is 32.2. The van der Waals surface area contributed by atoms with Crippen molar-refractivity contribution in [3.05, 3.63) is 17.1 Å². The minimum atomic E-state index is 0.0266. The third-order valence-electron chi connectivity index (χ3n) is 2.05. The highest BCUT2D eigenvalue weighted by Gasteiger charge is 2.27. The summed E-state index contributed by atoms with van der Waals surface area (Å²) in [6.07, 6.45) is 2.08. The second kappa shape index (κ2) is 3.77. The maximum absolute atomic E-state index is 6.05. The molecule has 2 N–H and O–H groups in total. The van der Waals surface area contributed by atoms with Crippen molar-refractivity contribution < 1.29 is 0 Å². The number of aromatic nitrogens is 1. The maximum Gasteiger partial charge on any atom is 0.0723 e. The number of rotatable bonds is 3. The predicted molar refractivity (Wildman–Crippen MR) is 56.6 cm³/mol. The largest absolute Gasteiger partial charge is 0.321 e. The molecule has 12 heavy (non-hydrogen) atoms. The van der Waals surface area contributed by atoms with Gasteiger partial charge in [-0.25, -0.2) is 0 Å². The fourth-order valence-electron chi connectivity index (χ4n) is 0.865. The van der Waals surface area contributed by atoms with Crippen LogP contribution in [0.5, 0.6) is 0 Å². The van der Waals surface area contributed by atoms with Crippen LogP contribution in [0.1, 0.15) is 25.6 Å². The summed E-state index contributed by atoms with van der Waals surface area (Å²) in [5, 5.41) is 1.96. The first-order valence-electron chi connectivity index (χ1n) is 3.79. The van der Waals surface area contributed by atoms with E-state index in [9.17, 15) is 0 Å². The topological polar surface area (TPSA) is 38.9 Å². The second-order valence-electron chi connectivity index (χ2n) is 3.21. The number of nitrogens with zero attached hydrogens (tertiary/aromatic N) is 1. The summed E-state index contributed by atoms with van der Waals surface area (Å²) >= 11 is 3.23. The van der Waals surface area contributed by atoms with Gasteiger partial charge in [0.1, 0.15) is 0 Å². The van der Waals surface area contributed by atoms with Gasteiger partial charge in [-0.1, -0.05) is 0 Å². The van der Waals surface area contributed by atoms with E-state index in [2.05, 4.69) is 24.5 Å². The maximum atomic E-state index is 6.05. The molecule has 1 atom stereocenters. The lowest BCUT2D eigenvalue weighted by Gasteiger charge is -2.28. The summed E-state index contributed by atoms with van der Waals surface area (Å²) in [5.74, 6) is 0. The monoisotopic (exact) mass is 202 g/mol. The van der Waals surface area contributed by atoms with Gasteiger partial charge in [-0.2, -0.15) is 16.1 Å². The van der Waals surface area contributed by atoms with Crippen LogP contribution in [0, 0.1) is 0 Å². The summed E-state index contributed by atoms with van der Waals surface area (Å²) in [7, 11) is 0. The molecule has 1 rings (SSSR count). The third-order valence-corrected chi connectivity index (χ3v) is 3.93. The number of thioether (sulfide) groups is 1. The quantitative estimate of drug-likeness (QED) is 0.817. The van der Waals surface area contributed by atoms with Crippen LogP contribution in [-0.4, -0.2) is 15.4 Å². The smallest absolute Gasteiger partial charge is 0.0723 e. The van der Waals surface area contributed by atoms with Crippen LogP contribution < -0.4 is 5.73 Å². The zero-order chi connectivity index (χ0) is 9.19. The minimum absolute atomic E-state index is 0.0266. The van der Waals surface area contributed by atoms with Crippen molar-refractivity contribution in [2.75, 3.05) is 6.26 Å². The molecular formula is C8H14N2S2. The molecule has 4 heteroatoms. The average molecular weight is 202 g/mol. The lowest BCUT2D eigenvalue weighted by molar-refractivity contribution is 0.555. The molecule has 2 nitrogen and oxygen atoms in total. The van der Waals surface area contributed by atoms with Gasteiger partial charge in [0.2, 0.25) is 0 Å². The third kappa shape index (κ3) is 2.00. The van der Waals surface area contributed by atoms with Gasteiger partial charge in [0.25, 0.3) is 0 Å². The Morgan fingerprint density at radius 1 is 1.67 bits per heavy atom. The van der Waals surface area contributed by atoms with Gasteiger partial charge in [0, 0.05) is 10.1 Å². The number of hydrogen-bond acceptors (Lipinski definition) is 4. The lowest BCUT2D eigenvalue weighted by Crippen LogP contribution is -2.32. The van der Waals surface area contributed by atoms with Crippen LogP contribution in [0.15, 0.2) is 11.4 Å². The standard InChI is InChI=1S/C8H14N2S2/c1-8(2,11-3)7(9)6-4-5-12-10-6/h4-5,7H,9H2,1-3H3. The molecule has 0 aliphatic carbocycles.